The minimum Gasteiger partial charge on any atom is -0.294 e. The average molecular weight is 288 g/mol. The van der Waals surface area contributed by atoms with E-state index in [2.05, 4.69) is 9.78 Å². The number of hydrogen-bond donors (Lipinski definition) is 0. The van der Waals surface area contributed by atoms with Crippen LogP contribution in [0.2, 0.25) is 0 Å². The molecule has 0 spiro atoms. The lowest BCUT2D eigenvalue weighted by molar-refractivity contribution is 0.0991. The molecule has 3 rings (SSSR count). The van der Waals surface area contributed by atoms with Crippen LogP contribution >= 0.6 is 11.3 Å². The van der Waals surface area contributed by atoms with E-state index in [1.807, 2.05) is 29.9 Å². The smallest absolute Gasteiger partial charge is 0.169 e. The minimum atomic E-state index is 0.178. The normalized spacial score (nSPS) is 16.4. The van der Waals surface area contributed by atoms with Crippen molar-refractivity contribution >= 4 is 17.1 Å². The predicted octanol–water partition coefficient (Wildman–Crippen LogP) is 4.18. The van der Waals surface area contributed by atoms with Gasteiger partial charge in [-0.2, -0.15) is 16.4 Å². The second-order valence-corrected chi connectivity index (χ2v) is 6.39. The molecule has 0 radical (unpaired) electrons. The van der Waals surface area contributed by atoms with Gasteiger partial charge in [0, 0.05) is 17.1 Å². The number of ketones is 1. The highest BCUT2D eigenvalue weighted by molar-refractivity contribution is 7.08. The summed E-state index contributed by atoms with van der Waals surface area (Å²) in [6.45, 7) is 1.99. The maximum Gasteiger partial charge on any atom is 0.169 e. The van der Waals surface area contributed by atoms with Crippen molar-refractivity contribution in [3.63, 3.8) is 0 Å². The van der Waals surface area contributed by atoms with E-state index in [0.717, 1.165) is 16.8 Å². The first-order valence-corrected chi connectivity index (χ1v) is 8.28. The molecule has 0 atom stereocenters. The van der Waals surface area contributed by atoms with Crippen molar-refractivity contribution in [1.29, 1.82) is 0 Å². The Morgan fingerprint density at radius 2 is 2.15 bits per heavy atom. The van der Waals surface area contributed by atoms with Gasteiger partial charge >= 0.3 is 0 Å². The fraction of sp³-hybridized carbons (Fsp3) is 0.500. The predicted molar refractivity (Wildman–Crippen MR) is 81.4 cm³/mol. The quantitative estimate of drug-likeness (QED) is 0.791. The summed E-state index contributed by atoms with van der Waals surface area (Å²) in [5.74, 6) is 0.178. The van der Waals surface area contributed by atoms with Crippen LogP contribution in [0.5, 0.6) is 0 Å². The van der Waals surface area contributed by atoms with E-state index in [-0.39, 0.29) is 5.78 Å². The van der Waals surface area contributed by atoms with Crippen molar-refractivity contribution in [3.8, 4) is 0 Å². The summed E-state index contributed by atoms with van der Waals surface area (Å²) < 4.78 is 2.07. The Labute approximate surface area is 123 Å². The third-order valence-corrected chi connectivity index (χ3v) is 4.97. The second-order valence-electron chi connectivity index (χ2n) is 5.65. The van der Waals surface area contributed by atoms with E-state index in [9.17, 15) is 4.79 Å². The van der Waals surface area contributed by atoms with E-state index in [4.69, 9.17) is 0 Å². The summed E-state index contributed by atoms with van der Waals surface area (Å²) >= 11 is 1.59. The van der Waals surface area contributed by atoms with Crippen molar-refractivity contribution in [2.75, 3.05) is 0 Å². The lowest BCUT2D eigenvalue weighted by atomic mass is 9.96. The molecule has 0 N–H and O–H groups in total. The molecule has 1 aliphatic rings. The van der Waals surface area contributed by atoms with Gasteiger partial charge in [0.25, 0.3) is 0 Å². The minimum absolute atomic E-state index is 0.178. The van der Waals surface area contributed by atoms with Crippen LogP contribution in [0.15, 0.2) is 23.0 Å². The molecular formula is C16H20N2OS. The first-order valence-electron chi connectivity index (χ1n) is 7.34. The van der Waals surface area contributed by atoms with Crippen molar-refractivity contribution in [2.24, 2.45) is 0 Å². The average Bonchev–Trinajstić information content (AvgIpc) is 3.09. The number of rotatable bonds is 4. The number of thiophene rings is 1. The molecule has 0 unspecified atom stereocenters. The molecule has 2 aromatic heterocycles. The molecule has 0 saturated heterocycles. The molecular weight excluding hydrogens is 268 g/mol. The van der Waals surface area contributed by atoms with E-state index in [1.54, 1.807) is 11.3 Å². The molecule has 3 nitrogen and oxygen atoms in total. The number of Topliss-reactive ketones (excluding diaryl/α,β-unsaturated/α-hetero) is 1. The van der Waals surface area contributed by atoms with Gasteiger partial charge in [-0.3, -0.25) is 9.48 Å². The molecule has 2 heterocycles. The number of aromatic nitrogens is 2. The zero-order valence-electron chi connectivity index (χ0n) is 11.8. The van der Waals surface area contributed by atoms with Gasteiger partial charge in [0.1, 0.15) is 0 Å². The lowest BCUT2D eigenvalue weighted by Gasteiger charge is -2.21. The Hall–Kier alpha value is -1.42. The molecule has 0 bridgehead atoms. The summed E-state index contributed by atoms with van der Waals surface area (Å²) in [5, 5.41) is 8.57. The SMILES string of the molecule is Cc1cscc1C(=O)Cc1ccn(C2CCCCC2)n1. The summed E-state index contributed by atoms with van der Waals surface area (Å²) in [6, 6.07) is 2.53. The largest absolute Gasteiger partial charge is 0.294 e. The Balaban J connectivity index is 1.68. The summed E-state index contributed by atoms with van der Waals surface area (Å²) in [5.41, 5.74) is 2.82. The van der Waals surface area contributed by atoms with Gasteiger partial charge in [-0.15, -0.1) is 0 Å². The van der Waals surface area contributed by atoms with Crippen molar-refractivity contribution in [2.45, 2.75) is 51.5 Å². The van der Waals surface area contributed by atoms with Gasteiger partial charge in [0.2, 0.25) is 0 Å². The highest BCUT2D eigenvalue weighted by atomic mass is 32.1. The van der Waals surface area contributed by atoms with Crippen LogP contribution < -0.4 is 0 Å². The van der Waals surface area contributed by atoms with Crippen molar-refractivity contribution < 1.29 is 4.79 Å². The Morgan fingerprint density at radius 1 is 1.35 bits per heavy atom. The highest BCUT2D eigenvalue weighted by Crippen LogP contribution is 2.27. The molecule has 2 aromatic rings. The molecule has 0 amide bonds. The van der Waals surface area contributed by atoms with Crippen LogP contribution in [-0.4, -0.2) is 15.6 Å². The van der Waals surface area contributed by atoms with E-state index in [0.29, 0.717) is 12.5 Å². The second kappa shape index (κ2) is 5.92. The zero-order chi connectivity index (χ0) is 13.9. The molecule has 4 heteroatoms. The van der Waals surface area contributed by atoms with Gasteiger partial charge in [0.05, 0.1) is 18.2 Å². The van der Waals surface area contributed by atoms with Crippen LogP contribution in [0, 0.1) is 6.92 Å². The topological polar surface area (TPSA) is 34.9 Å². The maximum atomic E-state index is 12.2. The molecule has 1 aliphatic carbocycles. The van der Waals surface area contributed by atoms with Gasteiger partial charge in [-0.1, -0.05) is 19.3 Å². The molecule has 20 heavy (non-hydrogen) atoms. The van der Waals surface area contributed by atoms with Crippen LogP contribution in [0.1, 0.15) is 59.8 Å². The van der Waals surface area contributed by atoms with Crippen molar-refractivity contribution in [1.82, 2.24) is 9.78 Å². The van der Waals surface area contributed by atoms with Gasteiger partial charge in [0.15, 0.2) is 5.78 Å². The first-order chi connectivity index (χ1) is 9.74. The Bertz CT molecular complexity index is 593. The van der Waals surface area contributed by atoms with Crippen LogP contribution in [0.25, 0.3) is 0 Å². The Morgan fingerprint density at radius 3 is 2.85 bits per heavy atom. The zero-order valence-corrected chi connectivity index (χ0v) is 12.7. The van der Waals surface area contributed by atoms with E-state index >= 15 is 0 Å². The van der Waals surface area contributed by atoms with Crippen LogP contribution in [0.4, 0.5) is 0 Å². The molecule has 0 aliphatic heterocycles. The fourth-order valence-corrected chi connectivity index (χ4v) is 3.78. The molecule has 1 fully saturated rings. The number of carbonyl (C=O) groups is 1. The monoisotopic (exact) mass is 288 g/mol. The van der Waals surface area contributed by atoms with Gasteiger partial charge < -0.3 is 0 Å². The molecule has 106 valence electrons. The standard InChI is InChI=1S/C16H20N2OS/c1-12-10-20-11-15(12)16(19)9-13-7-8-18(17-13)14-5-3-2-4-6-14/h7-8,10-11,14H,2-6,9H2,1H3. The number of aryl methyl sites for hydroxylation is 1. The van der Waals surface area contributed by atoms with Gasteiger partial charge in [-0.25, -0.2) is 0 Å². The van der Waals surface area contributed by atoms with E-state index in [1.165, 1.54) is 32.1 Å². The third-order valence-electron chi connectivity index (χ3n) is 4.11. The Kier molecular flexibility index (Phi) is 4.01. The highest BCUT2D eigenvalue weighted by Gasteiger charge is 2.17. The van der Waals surface area contributed by atoms with Crippen LogP contribution in [0.3, 0.4) is 0 Å². The summed E-state index contributed by atoms with van der Waals surface area (Å²) in [4.78, 5) is 12.2. The maximum absolute atomic E-state index is 12.2. The number of nitrogens with zero attached hydrogens (tertiary/aromatic N) is 2. The lowest BCUT2D eigenvalue weighted by Crippen LogP contribution is -2.14. The number of carbonyl (C=O) groups excluding carboxylic acids is 1. The molecule has 1 saturated carbocycles. The first kappa shape index (κ1) is 13.6. The molecule has 0 aromatic carbocycles. The summed E-state index contributed by atoms with van der Waals surface area (Å²) in [6.07, 6.45) is 8.84. The van der Waals surface area contributed by atoms with Crippen molar-refractivity contribution in [3.05, 3.63) is 39.8 Å². The fourth-order valence-electron chi connectivity index (χ4n) is 2.93. The number of hydrogen-bond acceptors (Lipinski definition) is 3. The van der Waals surface area contributed by atoms with E-state index < -0.39 is 0 Å². The van der Waals surface area contributed by atoms with Crippen LogP contribution in [-0.2, 0) is 6.42 Å². The van der Waals surface area contributed by atoms with Gasteiger partial charge in [-0.05, 0) is 36.8 Å². The summed E-state index contributed by atoms with van der Waals surface area (Å²) in [7, 11) is 0. The third kappa shape index (κ3) is 2.85.